The number of pyridine rings is 1. The SMILES string of the molecule is Cc1cc(NC(=O)N2CCn3nc(-c4cc(C)c5nncn5c4)c(C(N)=O)c3C2)ccc1C#N. The number of nitrogens with one attached hydrogen (secondary N) is 1. The number of carbonyl (C=O) groups excluding carboxylic acids is 2. The molecule has 1 aromatic carbocycles. The smallest absolute Gasteiger partial charge is 0.322 e. The third-order valence-corrected chi connectivity index (χ3v) is 5.96. The van der Waals surface area contributed by atoms with Crippen molar-refractivity contribution in [1.82, 2.24) is 29.3 Å². The van der Waals surface area contributed by atoms with Gasteiger partial charge in [-0.25, -0.2) is 4.79 Å². The highest BCUT2D eigenvalue weighted by molar-refractivity contribution is 6.00. The van der Waals surface area contributed by atoms with Crippen molar-refractivity contribution in [2.45, 2.75) is 26.9 Å². The third kappa shape index (κ3) is 3.51. The molecule has 170 valence electrons. The number of fused-ring (bicyclic) bond motifs is 2. The minimum absolute atomic E-state index is 0.181. The van der Waals surface area contributed by atoms with Crippen LogP contribution < -0.4 is 11.1 Å². The van der Waals surface area contributed by atoms with Crippen molar-refractivity contribution in [1.29, 1.82) is 5.26 Å². The molecular weight excluding hydrogens is 434 g/mol. The zero-order valence-electron chi connectivity index (χ0n) is 18.6. The number of carbonyl (C=O) groups is 2. The van der Waals surface area contributed by atoms with Crippen LogP contribution in [0.5, 0.6) is 0 Å². The summed E-state index contributed by atoms with van der Waals surface area (Å²) in [6, 6.07) is 8.80. The Morgan fingerprint density at radius 3 is 2.74 bits per heavy atom. The third-order valence-electron chi connectivity index (χ3n) is 5.96. The van der Waals surface area contributed by atoms with E-state index in [1.807, 2.05) is 19.9 Å². The van der Waals surface area contributed by atoms with Gasteiger partial charge in [0.2, 0.25) is 0 Å². The predicted octanol–water partition coefficient (Wildman–Crippen LogP) is 2.23. The van der Waals surface area contributed by atoms with Gasteiger partial charge in [-0.05, 0) is 49.2 Å². The van der Waals surface area contributed by atoms with E-state index in [1.54, 1.807) is 44.7 Å². The number of hydrogen-bond acceptors (Lipinski definition) is 6. The number of primary amides is 1. The highest BCUT2D eigenvalue weighted by atomic mass is 16.2. The van der Waals surface area contributed by atoms with E-state index in [9.17, 15) is 9.59 Å². The lowest BCUT2D eigenvalue weighted by atomic mass is 10.0. The number of benzene rings is 1. The van der Waals surface area contributed by atoms with Crippen LogP contribution in [0.3, 0.4) is 0 Å². The Balaban J connectivity index is 1.46. The maximum atomic E-state index is 12.9. The summed E-state index contributed by atoms with van der Waals surface area (Å²) in [5.74, 6) is -0.609. The molecule has 5 rings (SSSR count). The summed E-state index contributed by atoms with van der Waals surface area (Å²) >= 11 is 0. The first-order valence-corrected chi connectivity index (χ1v) is 10.6. The number of anilines is 1. The van der Waals surface area contributed by atoms with Gasteiger partial charge in [0.05, 0.1) is 36.0 Å². The lowest BCUT2D eigenvalue weighted by Crippen LogP contribution is -2.41. The molecular formula is C23H21N9O2. The Kier molecular flexibility index (Phi) is 4.98. The molecule has 1 aliphatic rings. The number of hydrogen-bond donors (Lipinski definition) is 2. The molecule has 0 spiro atoms. The summed E-state index contributed by atoms with van der Waals surface area (Å²) in [5, 5.41) is 24.6. The van der Waals surface area contributed by atoms with Crippen molar-refractivity contribution in [3.63, 3.8) is 0 Å². The van der Waals surface area contributed by atoms with Gasteiger partial charge in [-0.3, -0.25) is 13.9 Å². The molecule has 4 heterocycles. The number of aryl methyl sites for hydroxylation is 2. The Morgan fingerprint density at radius 1 is 1.18 bits per heavy atom. The van der Waals surface area contributed by atoms with Crippen LogP contribution in [-0.2, 0) is 13.1 Å². The summed E-state index contributed by atoms with van der Waals surface area (Å²) in [5.41, 5.74) is 11.3. The normalized spacial score (nSPS) is 12.9. The van der Waals surface area contributed by atoms with Gasteiger partial charge in [0.1, 0.15) is 12.0 Å². The van der Waals surface area contributed by atoms with Crippen LogP contribution in [0, 0.1) is 25.2 Å². The van der Waals surface area contributed by atoms with Gasteiger partial charge < -0.3 is 16.0 Å². The molecule has 3 amide bonds. The minimum Gasteiger partial charge on any atom is -0.365 e. The second-order valence-electron chi connectivity index (χ2n) is 8.22. The second-order valence-corrected chi connectivity index (χ2v) is 8.22. The molecule has 0 unspecified atom stereocenters. The highest BCUT2D eigenvalue weighted by Crippen LogP contribution is 2.29. The van der Waals surface area contributed by atoms with Crippen molar-refractivity contribution in [3.05, 3.63) is 64.7 Å². The average molecular weight is 455 g/mol. The molecule has 0 saturated carbocycles. The van der Waals surface area contributed by atoms with E-state index in [0.29, 0.717) is 52.5 Å². The molecule has 11 heteroatoms. The Labute approximate surface area is 194 Å². The number of urea groups is 1. The van der Waals surface area contributed by atoms with Gasteiger partial charge in [-0.15, -0.1) is 10.2 Å². The predicted molar refractivity (Wildman–Crippen MR) is 123 cm³/mol. The molecule has 0 radical (unpaired) electrons. The summed E-state index contributed by atoms with van der Waals surface area (Å²) < 4.78 is 3.50. The Morgan fingerprint density at radius 2 is 2.00 bits per heavy atom. The second kappa shape index (κ2) is 8.00. The summed E-state index contributed by atoms with van der Waals surface area (Å²) in [7, 11) is 0. The number of rotatable bonds is 3. The summed E-state index contributed by atoms with van der Waals surface area (Å²) in [6.45, 7) is 4.73. The van der Waals surface area contributed by atoms with Crippen LogP contribution in [0.25, 0.3) is 16.9 Å². The first-order chi connectivity index (χ1) is 16.4. The van der Waals surface area contributed by atoms with Gasteiger partial charge in [0.15, 0.2) is 5.65 Å². The van der Waals surface area contributed by atoms with Crippen LogP contribution in [0.1, 0.15) is 32.7 Å². The van der Waals surface area contributed by atoms with E-state index in [1.165, 1.54) is 0 Å². The van der Waals surface area contributed by atoms with Crippen LogP contribution >= 0.6 is 0 Å². The Hall–Kier alpha value is -4.72. The standard InChI is InChI=1S/C23H21N9O2/c1-13-8-17(4-3-15(13)9-24)27-23(34)30-5-6-32-18(11-30)19(21(25)33)20(29-32)16-7-14(2)22-28-26-12-31(22)10-16/h3-4,7-8,10,12H,5-6,11H2,1-2H3,(H2,25,33)(H,27,34). The first kappa shape index (κ1) is 21.1. The Bertz CT molecular complexity index is 1510. The monoisotopic (exact) mass is 455 g/mol. The summed E-state index contributed by atoms with van der Waals surface area (Å²) in [4.78, 5) is 27.0. The number of nitrogens with two attached hydrogens (primary N) is 1. The van der Waals surface area contributed by atoms with Crippen molar-refractivity contribution >= 4 is 23.3 Å². The molecule has 1 aliphatic heterocycles. The zero-order valence-corrected chi connectivity index (χ0v) is 18.6. The van der Waals surface area contributed by atoms with Gasteiger partial charge in [-0.2, -0.15) is 10.4 Å². The number of nitrogens with zero attached hydrogens (tertiary/aromatic N) is 7. The molecule has 34 heavy (non-hydrogen) atoms. The molecule has 4 aromatic rings. The summed E-state index contributed by atoms with van der Waals surface area (Å²) in [6.07, 6.45) is 3.39. The van der Waals surface area contributed by atoms with E-state index >= 15 is 0 Å². The van der Waals surface area contributed by atoms with Gasteiger partial charge in [0, 0.05) is 24.0 Å². The van der Waals surface area contributed by atoms with E-state index < -0.39 is 5.91 Å². The molecule has 0 atom stereocenters. The number of aromatic nitrogens is 5. The molecule has 3 N–H and O–H groups in total. The number of nitriles is 1. The van der Waals surface area contributed by atoms with E-state index in [-0.39, 0.29) is 12.6 Å². The van der Waals surface area contributed by atoms with Crippen molar-refractivity contribution in [3.8, 4) is 17.3 Å². The first-order valence-electron chi connectivity index (χ1n) is 10.6. The van der Waals surface area contributed by atoms with Gasteiger partial charge >= 0.3 is 6.03 Å². The van der Waals surface area contributed by atoms with Crippen LogP contribution in [0.2, 0.25) is 0 Å². The van der Waals surface area contributed by atoms with Crippen LogP contribution in [0.15, 0.2) is 36.8 Å². The van der Waals surface area contributed by atoms with Crippen molar-refractivity contribution in [2.75, 3.05) is 11.9 Å². The molecule has 0 aliphatic carbocycles. The fourth-order valence-electron chi connectivity index (χ4n) is 4.26. The largest absolute Gasteiger partial charge is 0.365 e. The fourth-order valence-corrected chi connectivity index (χ4v) is 4.26. The topological polar surface area (TPSA) is 147 Å². The van der Waals surface area contributed by atoms with E-state index in [0.717, 1.165) is 11.1 Å². The fraction of sp³-hybridized carbons (Fsp3) is 0.217. The lowest BCUT2D eigenvalue weighted by molar-refractivity contribution is 0.0997. The maximum Gasteiger partial charge on any atom is 0.322 e. The molecule has 0 bridgehead atoms. The van der Waals surface area contributed by atoms with Crippen molar-refractivity contribution < 1.29 is 9.59 Å². The average Bonchev–Trinajstić information content (AvgIpc) is 3.43. The minimum atomic E-state index is -0.609. The van der Waals surface area contributed by atoms with Crippen LogP contribution in [0.4, 0.5) is 10.5 Å². The zero-order chi connectivity index (χ0) is 24.0. The van der Waals surface area contributed by atoms with Gasteiger partial charge in [-0.1, -0.05) is 0 Å². The highest BCUT2D eigenvalue weighted by Gasteiger charge is 2.30. The van der Waals surface area contributed by atoms with Crippen LogP contribution in [-0.4, -0.2) is 47.8 Å². The van der Waals surface area contributed by atoms with Gasteiger partial charge in [0.25, 0.3) is 5.91 Å². The quantitative estimate of drug-likeness (QED) is 0.484. The molecule has 11 nitrogen and oxygen atoms in total. The molecule has 3 aromatic heterocycles. The molecule has 0 fully saturated rings. The van der Waals surface area contributed by atoms with Crippen molar-refractivity contribution in [2.24, 2.45) is 5.73 Å². The lowest BCUT2D eigenvalue weighted by Gasteiger charge is -2.28. The molecule has 0 saturated heterocycles. The maximum absolute atomic E-state index is 12.9. The van der Waals surface area contributed by atoms with E-state index in [4.69, 9.17) is 11.0 Å². The van der Waals surface area contributed by atoms with E-state index in [2.05, 4.69) is 26.7 Å². The number of amides is 3.